The van der Waals surface area contributed by atoms with Gasteiger partial charge in [-0.25, -0.2) is 8.42 Å². The summed E-state index contributed by atoms with van der Waals surface area (Å²) in [5.74, 6) is -0.853. The summed E-state index contributed by atoms with van der Waals surface area (Å²) in [5.41, 5.74) is 0.278. The van der Waals surface area contributed by atoms with E-state index in [4.69, 9.17) is 4.74 Å². The van der Waals surface area contributed by atoms with Crippen LogP contribution in [-0.2, 0) is 34.4 Å². The number of anilines is 2. The summed E-state index contributed by atoms with van der Waals surface area (Å²) in [6, 6.07) is 3.65. The van der Waals surface area contributed by atoms with Crippen molar-refractivity contribution in [1.82, 2.24) is 4.90 Å². The number of sulfonamides is 2. The van der Waals surface area contributed by atoms with Gasteiger partial charge in [-0.2, -0.15) is 8.42 Å². The lowest BCUT2D eigenvalue weighted by molar-refractivity contribution is -0.150. The number of ether oxygens (including phenoxy) is 1. The first-order valence-corrected chi connectivity index (χ1v) is 15.4. The van der Waals surface area contributed by atoms with Crippen LogP contribution in [0.4, 0.5) is 11.4 Å². The predicted octanol–water partition coefficient (Wildman–Crippen LogP) is 2.20. The van der Waals surface area contributed by atoms with Crippen LogP contribution in [0.1, 0.15) is 33.1 Å². The number of amides is 1. The molecule has 1 aliphatic heterocycles. The second-order valence-corrected chi connectivity index (χ2v) is 13.5. The Hall–Kier alpha value is -2.93. The predicted molar refractivity (Wildman–Crippen MR) is 139 cm³/mol. The molecular formula is C24H32N4O7S2. The molecule has 13 heteroatoms. The molecule has 4 rings (SSSR count). The third-order valence-electron chi connectivity index (χ3n) is 6.91. The van der Waals surface area contributed by atoms with Crippen LogP contribution in [0.15, 0.2) is 39.6 Å². The number of methoxy groups -OCH3 is 1. The van der Waals surface area contributed by atoms with Crippen LogP contribution >= 0.6 is 0 Å². The number of fused-ring (bicyclic) bond motifs is 3. The Kier molecular flexibility index (Phi) is 7.39. The van der Waals surface area contributed by atoms with Crippen molar-refractivity contribution in [2.24, 2.45) is 28.1 Å². The third-order valence-corrected chi connectivity index (χ3v) is 8.87. The Morgan fingerprint density at radius 2 is 1.95 bits per heavy atom. The highest BCUT2D eigenvalue weighted by Crippen LogP contribution is 2.47. The van der Waals surface area contributed by atoms with E-state index in [0.29, 0.717) is 18.9 Å². The fraction of sp³-hybridized carbons (Fsp3) is 0.542. The van der Waals surface area contributed by atoms with E-state index in [0.717, 1.165) is 12.7 Å². The molecule has 1 saturated carbocycles. The average Bonchev–Trinajstić information content (AvgIpc) is 3.40. The minimum atomic E-state index is -4.19. The highest BCUT2D eigenvalue weighted by atomic mass is 32.2. The number of hydrogen-bond donors (Lipinski definition) is 2. The second kappa shape index (κ2) is 10.1. The van der Waals surface area contributed by atoms with Gasteiger partial charge in [-0.3, -0.25) is 14.3 Å². The minimum Gasteiger partial charge on any atom is -0.469 e. The first kappa shape index (κ1) is 27.1. The van der Waals surface area contributed by atoms with Gasteiger partial charge >= 0.3 is 5.97 Å². The monoisotopic (exact) mass is 552 g/mol. The van der Waals surface area contributed by atoms with Crippen LogP contribution in [-0.4, -0.2) is 65.4 Å². The van der Waals surface area contributed by atoms with Crippen molar-refractivity contribution in [1.29, 1.82) is 0 Å². The number of nitrogens with one attached hydrogen (secondary N) is 2. The maximum absolute atomic E-state index is 13.6. The average molecular weight is 553 g/mol. The number of rotatable bonds is 9. The molecule has 37 heavy (non-hydrogen) atoms. The fourth-order valence-electron chi connectivity index (χ4n) is 5.32. The number of nitrogens with zero attached hydrogens (tertiary/aromatic N) is 2. The summed E-state index contributed by atoms with van der Waals surface area (Å²) in [4.78, 5) is 27.8. The Morgan fingerprint density at radius 3 is 2.59 bits per heavy atom. The van der Waals surface area contributed by atoms with Gasteiger partial charge in [0, 0.05) is 12.2 Å². The zero-order chi connectivity index (χ0) is 27.1. The lowest BCUT2D eigenvalue weighted by Gasteiger charge is -2.37. The molecule has 0 spiro atoms. The number of carbonyl (C=O) groups is 2. The topological polar surface area (TPSA) is 151 Å². The van der Waals surface area contributed by atoms with E-state index in [1.807, 2.05) is 26.0 Å². The fourth-order valence-corrected chi connectivity index (χ4v) is 7.05. The van der Waals surface area contributed by atoms with Gasteiger partial charge in [0.2, 0.25) is 15.9 Å². The molecule has 0 saturated heterocycles. The summed E-state index contributed by atoms with van der Waals surface area (Å²) in [7, 11) is -6.45. The Balaban J connectivity index is 1.59. The molecule has 0 radical (unpaired) electrons. The second-order valence-electron chi connectivity index (χ2n) is 10.2. The van der Waals surface area contributed by atoms with E-state index in [9.17, 15) is 26.4 Å². The van der Waals surface area contributed by atoms with Crippen molar-refractivity contribution >= 4 is 49.1 Å². The molecule has 2 N–H and O–H groups in total. The normalized spacial score (nSPS) is 25.3. The van der Waals surface area contributed by atoms with Gasteiger partial charge < -0.3 is 15.0 Å². The highest BCUT2D eigenvalue weighted by molar-refractivity contribution is 7.92. The van der Waals surface area contributed by atoms with Gasteiger partial charge in [-0.15, -0.1) is 4.40 Å². The molecule has 1 aromatic rings. The molecule has 11 nitrogen and oxygen atoms in total. The quantitative estimate of drug-likeness (QED) is 0.349. The molecule has 4 unspecified atom stereocenters. The van der Waals surface area contributed by atoms with Crippen LogP contribution in [0, 0.1) is 23.7 Å². The summed E-state index contributed by atoms with van der Waals surface area (Å²) in [6.07, 6.45) is 6.20. The summed E-state index contributed by atoms with van der Waals surface area (Å²) in [5, 5.41) is 2.90. The van der Waals surface area contributed by atoms with Crippen molar-refractivity contribution in [3.63, 3.8) is 0 Å². The van der Waals surface area contributed by atoms with E-state index in [1.165, 1.54) is 25.3 Å². The van der Waals surface area contributed by atoms with E-state index in [2.05, 4.69) is 14.4 Å². The molecule has 202 valence electrons. The van der Waals surface area contributed by atoms with Crippen LogP contribution in [0.2, 0.25) is 0 Å². The Labute approximate surface area is 217 Å². The van der Waals surface area contributed by atoms with Gasteiger partial charge in [0.15, 0.2) is 0 Å². The number of carbonyl (C=O) groups excluding carboxylic acids is 2. The molecule has 0 aromatic heterocycles. The van der Waals surface area contributed by atoms with Crippen molar-refractivity contribution in [3.8, 4) is 0 Å². The van der Waals surface area contributed by atoms with E-state index >= 15 is 0 Å². The van der Waals surface area contributed by atoms with E-state index in [-0.39, 0.29) is 58.3 Å². The van der Waals surface area contributed by atoms with Crippen LogP contribution in [0.25, 0.3) is 0 Å². The van der Waals surface area contributed by atoms with E-state index in [1.54, 1.807) is 4.90 Å². The molecule has 4 atom stereocenters. The van der Waals surface area contributed by atoms with Crippen molar-refractivity contribution in [3.05, 3.63) is 30.4 Å². The maximum Gasteiger partial charge on any atom is 0.311 e. The van der Waals surface area contributed by atoms with Gasteiger partial charge in [0.1, 0.15) is 10.7 Å². The molecule has 2 bridgehead atoms. The number of hydrogen-bond acceptors (Lipinski definition) is 8. The largest absolute Gasteiger partial charge is 0.469 e. The molecule has 1 aromatic carbocycles. The van der Waals surface area contributed by atoms with Crippen LogP contribution < -0.4 is 10.0 Å². The smallest absolute Gasteiger partial charge is 0.311 e. The lowest BCUT2D eigenvalue weighted by Crippen LogP contribution is -2.50. The summed E-state index contributed by atoms with van der Waals surface area (Å²) in [6.45, 7) is 4.51. The molecular weight excluding hydrogens is 520 g/mol. The first-order valence-electron chi connectivity index (χ1n) is 12.1. The van der Waals surface area contributed by atoms with Crippen LogP contribution in [0.3, 0.4) is 0 Å². The standard InChI is InChI=1S/C24H32N4O7S2/c1-14(2)9-10-28(23-16-6-5-15(11-16)22(23)24(30)35-3)21(29)13-20-25-18-8-7-17(26-36(4,31)32)12-19(18)37(33,34)27-20/h5-8,12,14-16,22-23,26H,9-11,13H2,1-4H3,(H,25,27). The number of benzene rings is 1. The highest BCUT2D eigenvalue weighted by Gasteiger charge is 2.52. The molecule has 3 aliphatic rings. The van der Waals surface area contributed by atoms with Gasteiger partial charge in [-0.1, -0.05) is 26.0 Å². The zero-order valence-electron chi connectivity index (χ0n) is 21.2. The molecule has 1 fully saturated rings. The van der Waals surface area contributed by atoms with Crippen molar-refractivity contribution in [2.75, 3.05) is 29.9 Å². The molecule has 1 heterocycles. The number of esters is 1. The summed E-state index contributed by atoms with van der Waals surface area (Å²) < 4.78 is 60.0. The molecule has 1 amide bonds. The maximum atomic E-state index is 13.6. The Bertz CT molecular complexity index is 1370. The first-order chi connectivity index (χ1) is 17.3. The summed E-state index contributed by atoms with van der Waals surface area (Å²) >= 11 is 0. The minimum absolute atomic E-state index is 0.00365. The van der Waals surface area contributed by atoms with Crippen LogP contribution in [0.5, 0.6) is 0 Å². The third kappa shape index (κ3) is 5.82. The Morgan fingerprint density at radius 1 is 1.24 bits per heavy atom. The van der Waals surface area contributed by atoms with Gasteiger partial charge in [-0.05, 0) is 48.8 Å². The van der Waals surface area contributed by atoms with E-state index < -0.39 is 26.0 Å². The van der Waals surface area contributed by atoms with Crippen molar-refractivity contribution in [2.45, 2.75) is 44.0 Å². The van der Waals surface area contributed by atoms with Crippen molar-refractivity contribution < 1.29 is 31.2 Å². The number of amidine groups is 1. The number of allylic oxidation sites excluding steroid dienone is 1. The zero-order valence-corrected chi connectivity index (χ0v) is 22.8. The molecule has 2 aliphatic carbocycles. The van der Waals surface area contributed by atoms with Gasteiger partial charge in [0.25, 0.3) is 10.0 Å². The lowest BCUT2D eigenvalue weighted by atomic mass is 9.87. The SMILES string of the molecule is COC(=O)C1C2C=CC(C2)C1N(CCC(C)C)C(=O)CC1=NS(=O)(=O)c2cc(NS(C)(=O)=O)ccc2N1. The van der Waals surface area contributed by atoms with Gasteiger partial charge in [0.05, 0.1) is 37.4 Å².